The number of halogens is 1. The molecule has 1 aliphatic rings. The van der Waals surface area contributed by atoms with Crippen molar-refractivity contribution in [2.45, 2.75) is 15.9 Å². The third-order valence-corrected chi connectivity index (χ3v) is 5.91. The van der Waals surface area contributed by atoms with Gasteiger partial charge >= 0.3 is 0 Å². The van der Waals surface area contributed by atoms with Crippen molar-refractivity contribution in [3.63, 3.8) is 0 Å². The van der Waals surface area contributed by atoms with Crippen LogP contribution in [0.25, 0.3) is 0 Å². The van der Waals surface area contributed by atoms with Crippen molar-refractivity contribution in [1.29, 1.82) is 0 Å². The van der Waals surface area contributed by atoms with Gasteiger partial charge in [0.05, 0.1) is 0 Å². The summed E-state index contributed by atoms with van der Waals surface area (Å²) in [5, 5.41) is 0.658. The Kier molecular flexibility index (Phi) is 2.53. The van der Waals surface area contributed by atoms with Crippen molar-refractivity contribution in [1.82, 2.24) is 0 Å². The SMILES string of the molecule is CS(=O)(=O)C1Cc2ccc(Cl)cc2S1. The lowest BCUT2D eigenvalue weighted by Gasteiger charge is -2.03. The molecule has 0 amide bonds. The van der Waals surface area contributed by atoms with E-state index in [1.807, 2.05) is 12.1 Å². The molecule has 0 aromatic heterocycles. The van der Waals surface area contributed by atoms with E-state index in [1.165, 1.54) is 18.0 Å². The van der Waals surface area contributed by atoms with E-state index in [1.54, 1.807) is 6.07 Å². The quantitative estimate of drug-likeness (QED) is 0.765. The minimum Gasteiger partial charge on any atom is -0.228 e. The van der Waals surface area contributed by atoms with Gasteiger partial charge in [0.25, 0.3) is 0 Å². The molecule has 1 heterocycles. The highest BCUT2D eigenvalue weighted by atomic mass is 35.5. The van der Waals surface area contributed by atoms with Crippen LogP contribution in [0.3, 0.4) is 0 Å². The smallest absolute Gasteiger partial charge is 0.160 e. The summed E-state index contributed by atoms with van der Waals surface area (Å²) in [6, 6.07) is 5.52. The van der Waals surface area contributed by atoms with Crippen LogP contribution in [0, 0.1) is 0 Å². The van der Waals surface area contributed by atoms with E-state index in [-0.39, 0.29) is 4.58 Å². The van der Waals surface area contributed by atoms with Gasteiger partial charge in [-0.1, -0.05) is 17.7 Å². The normalized spacial score (nSPS) is 20.9. The molecule has 2 nitrogen and oxygen atoms in total. The van der Waals surface area contributed by atoms with Crippen LogP contribution < -0.4 is 0 Å². The maximum absolute atomic E-state index is 11.3. The molecule has 1 atom stereocenters. The molecule has 1 aromatic carbocycles. The van der Waals surface area contributed by atoms with E-state index < -0.39 is 9.84 Å². The Labute approximate surface area is 92.6 Å². The van der Waals surface area contributed by atoms with Gasteiger partial charge in [-0.2, -0.15) is 0 Å². The first-order valence-corrected chi connectivity index (χ1v) is 7.32. The Balaban J connectivity index is 2.35. The number of hydrogen-bond donors (Lipinski definition) is 0. The zero-order valence-electron chi connectivity index (χ0n) is 7.53. The predicted octanol–water partition coefficient (Wildman–Crippen LogP) is 2.36. The highest BCUT2D eigenvalue weighted by Crippen LogP contribution is 2.40. The van der Waals surface area contributed by atoms with Gasteiger partial charge in [-0.25, -0.2) is 8.42 Å². The molecule has 0 fully saturated rings. The van der Waals surface area contributed by atoms with Crippen LogP contribution in [0.2, 0.25) is 5.02 Å². The Morgan fingerprint density at radius 3 is 2.86 bits per heavy atom. The molecule has 0 N–H and O–H groups in total. The summed E-state index contributed by atoms with van der Waals surface area (Å²) < 4.78 is 22.3. The second-order valence-electron chi connectivity index (χ2n) is 3.33. The third-order valence-electron chi connectivity index (χ3n) is 2.15. The number of thioether (sulfide) groups is 1. The van der Waals surface area contributed by atoms with E-state index in [2.05, 4.69) is 0 Å². The zero-order chi connectivity index (χ0) is 10.3. The summed E-state index contributed by atoms with van der Waals surface area (Å²) in [4.78, 5) is 0.993. The molecule has 1 aliphatic heterocycles. The molecular formula is C9H9ClO2S2. The molecule has 1 aromatic rings. The number of fused-ring (bicyclic) bond motifs is 1. The summed E-state index contributed by atoms with van der Waals surface area (Å²) in [5.74, 6) is 0. The van der Waals surface area contributed by atoms with Gasteiger partial charge in [-0.15, -0.1) is 11.8 Å². The van der Waals surface area contributed by atoms with E-state index >= 15 is 0 Å². The summed E-state index contributed by atoms with van der Waals surface area (Å²) >= 11 is 7.21. The van der Waals surface area contributed by atoms with Crippen molar-refractivity contribution in [3.8, 4) is 0 Å². The lowest BCUT2D eigenvalue weighted by atomic mass is 10.2. The van der Waals surface area contributed by atoms with Gasteiger partial charge in [0, 0.05) is 16.2 Å². The van der Waals surface area contributed by atoms with Gasteiger partial charge < -0.3 is 0 Å². The van der Waals surface area contributed by atoms with Crippen molar-refractivity contribution in [3.05, 3.63) is 28.8 Å². The number of rotatable bonds is 1. The number of sulfone groups is 1. The van der Waals surface area contributed by atoms with Crippen molar-refractivity contribution in [2.75, 3.05) is 6.26 Å². The van der Waals surface area contributed by atoms with Crippen molar-refractivity contribution in [2.24, 2.45) is 0 Å². The standard InChI is InChI=1S/C9H9ClO2S2/c1-14(11,12)9-4-6-2-3-7(10)5-8(6)13-9/h2-3,5,9H,4H2,1H3. The fraction of sp³-hybridized carbons (Fsp3) is 0.333. The summed E-state index contributed by atoms with van der Waals surface area (Å²) in [6.45, 7) is 0. The molecule has 0 aliphatic carbocycles. The highest BCUT2D eigenvalue weighted by Gasteiger charge is 2.29. The van der Waals surface area contributed by atoms with Crippen LogP contribution in [0.15, 0.2) is 23.1 Å². The van der Waals surface area contributed by atoms with Crippen LogP contribution in [0.5, 0.6) is 0 Å². The van der Waals surface area contributed by atoms with E-state index in [0.29, 0.717) is 11.4 Å². The summed E-state index contributed by atoms with van der Waals surface area (Å²) in [6.07, 6.45) is 1.87. The molecule has 2 rings (SSSR count). The number of hydrogen-bond acceptors (Lipinski definition) is 3. The first kappa shape index (κ1) is 10.3. The van der Waals surface area contributed by atoms with Crippen molar-refractivity contribution < 1.29 is 8.42 Å². The molecule has 5 heteroatoms. The lowest BCUT2D eigenvalue weighted by Crippen LogP contribution is -2.14. The Morgan fingerprint density at radius 2 is 2.21 bits per heavy atom. The highest BCUT2D eigenvalue weighted by molar-refractivity contribution is 8.13. The van der Waals surface area contributed by atoms with E-state index in [4.69, 9.17) is 11.6 Å². The topological polar surface area (TPSA) is 34.1 Å². The molecule has 0 saturated heterocycles. The summed E-state index contributed by atoms with van der Waals surface area (Å²) in [7, 11) is -2.96. The largest absolute Gasteiger partial charge is 0.228 e. The van der Waals surface area contributed by atoms with Gasteiger partial charge in [0.15, 0.2) is 9.84 Å². The fourth-order valence-electron chi connectivity index (χ4n) is 1.41. The average Bonchev–Trinajstić information content (AvgIpc) is 2.45. The molecule has 0 bridgehead atoms. The first-order valence-electron chi connectivity index (χ1n) is 4.11. The molecule has 14 heavy (non-hydrogen) atoms. The molecular weight excluding hydrogens is 240 g/mol. The maximum Gasteiger partial charge on any atom is 0.160 e. The molecule has 0 radical (unpaired) electrons. The third kappa shape index (κ3) is 1.92. The second kappa shape index (κ2) is 3.43. The molecule has 76 valence electrons. The molecule has 1 unspecified atom stereocenters. The predicted molar refractivity (Wildman–Crippen MR) is 59.6 cm³/mol. The lowest BCUT2D eigenvalue weighted by molar-refractivity contribution is 0.599. The van der Waals surface area contributed by atoms with Gasteiger partial charge in [-0.05, 0) is 24.1 Å². The van der Waals surface area contributed by atoms with Crippen molar-refractivity contribution >= 4 is 33.2 Å². The minimum absolute atomic E-state index is 0.337. The van der Waals surface area contributed by atoms with E-state index in [9.17, 15) is 8.42 Å². The Bertz CT molecular complexity index is 468. The molecule has 0 saturated carbocycles. The van der Waals surface area contributed by atoms with Gasteiger partial charge in [0.2, 0.25) is 0 Å². The monoisotopic (exact) mass is 248 g/mol. The average molecular weight is 249 g/mol. The van der Waals surface area contributed by atoms with Crippen LogP contribution in [-0.4, -0.2) is 19.3 Å². The molecule has 0 spiro atoms. The Morgan fingerprint density at radius 1 is 1.50 bits per heavy atom. The van der Waals surface area contributed by atoms with Crippen LogP contribution in [0.4, 0.5) is 0 Å². The van der Waals surface area contributed by atoms with Gasteiger partial charge in [-0.3, -0.25) is 0 Å². The van der Waals surface area contributed by atoms with Crippen LogP contribution >= 0.6 is 23.4 Å². The van der Waals surface area contributed by atoms with E-state index in [0.717, 1.165) is 10.5 Å². The van der Waals surface area contributed by atoms with Gasteiger partial charge in [0.1, 0.15) is 4.58 Å². The maximum atomic E-state index is 11.3. The second-order valence-corrected chi connectivity index (χ2v) is 7.54. The van der Waals surface area contributed by atoms with Crippen LogP contribution in [-0.2, 0) is 16.3 Å². The number of benzene rings is 1. The first-order chi connectivity index (χ1) is 6.47. The summed E-state index contributed by atoms with van der Waals surface area (Å²) in [5.41, 5.74) is 1.08. The Hall–Kier alpha value is -0.190. The van der Waals surface area contributed by atoms with Crippen LogP contribution in [0.1, 0.15) is 5.56 Å². The minimum atomic E-state index is -2.96. The fourth-order valence-corrected chi connectivity index (χ4v) is 4.18. The zero-order valence-corrected chi connectivity index (χ0v) is 9.92.